The smallest absolute Gasteiger partial charge is 0.230 e. The second-order valence-electron chi connectivity index (χ2n) is 6.86. The van der Waals surface area contributed by atoms with Gasteiger partial charge in [0.1, 0.15) is 5.82 Å². The van der Waals surface area contributed by atoms with Crippen molar-refractivity contribution in [1.82, 2.24) is 24.7 Å². The Kier molecular flexibility index (Phi) is 4.71. The summed E-state index contributed by atoms with van der Waals surface area (Å²) in [5, 5.41) is 6.95. The Bertz CT molecular complexity index is 885. The molecule has 0 unspecified atom stereocenters. The lowest BCUT2D eigenvalue weighted by atomic mass is 10.1. The zero-order valence-electron chi connectivity index (χ0n) is 15.1. The van der Waals surface area contributed by atoms with E-state index in [1.165, 1.54) is 6.42 Å². The maximum Gasteiger partial charge on any atom is 0.230 e. The molecule has 4 heterocycles. The van der Waals surface area contributed by atoms with Crippen molar-refractivity contribution in [1.29, 1.82) is 0 Å². The van der Waals surface area contributed by atoms with Crippen molar-refractivity contribution in [2.45, 2.75) is 38.8 Å². The molecule has 26 heavy (non-hydrogen) atoms. The number of ether oxygens (including phenoxy) is 1. The molecule has 7 nitrogen and oxygen atoms in total. The van der Waals surface area contributed by atoms with Gasteiger partial charge in [-0.2, -0.15) is 0 Å². The fraction of sp³-hybridized carbons (Fsp3) is 0.421. The molecular weight excluding hydrogens is 328 g/mol. The fourth-order valence-corrected chi connectivity index (χ4v) is 3.21. The van der Waals surface area contributed by atoms with Crippen LogP contribution in [0.4, 0.5) is 5.82 Å². The molecular formula is C19H24N6O. The van der Waals surface area contributed by atoms with E-state index in [4.69, 9.17) is 9.72 Å². The largest absolute Gasteiger partial charge is 0.474 e. The molecule has 3 aromatic heterocycles. The molecule has 1 aliphatic rings. The topological polar surface area (TPSA) is 76.4 Å². The Morgan fingerprint density at radius 2 is 2.19 bits per heavy atom. The first-order chi connectivity index (χ1) is 12.7. The lowest BCUT2D eigenvalue weighted by Crippen LogP contribution is -2.38. The molecule has 0 spiro atoms. The molecule has 4 rings (SSSR count). The fourth-order valence-electron chi connectivity index (χ4n) is 3.21. The van der Waals surface area contributed by atoms with Gasteiger partial charge in [0.2, 0.25) is 5.88 Å². The van der Waals surface area contributed by atoms with Gasteiger partial charge in [-0.25, -0.2) is 15.0 Å². The molecule has 1 aliphatic heterocycles. The number of pyridine rings is 1. The molecule has 1 saturated heterocycles. The highest BCUT2D eigenvalue weighted by Gasteiger charge is 2.14. The standard InChI is InChI=1S/C19H24N6O/c1-13(2)26-19-12-25-16(10-21-18(25)11-22-19)15-6-3-7-17(24-15)23-14-5-4-8-20-9-14/h3,6-7,10-14,20H,4-5,8-9H2,1-2H3,(H,23,24)/t14-/m1/s1. The summed E-state index contributed by atoms with van der Waals surface area (Å²) in [7, 11) is 0. The van der Waals surface area contributed by atoms with Crippen LogP contribution in [0.1, 0.15) is 26.7 Å². The van der Waals surface area contributed by atoms with E-state index in [1.54, 1.807) is 6.20 Å². The molecule has 0 aromatic carbocycles. The summed E-state index contributed by atoms with van der Waals surface area (Å²) in [4.78, 5) is 13.5. The number of rotatable bonds is 5. The monoisotopic (exact) mass is 352 g/mol. The lowest BCUT2D eigenvalue weighted by Gasteiger charge is -2.24. The van der Waals surface area contributed by atoms with E-state index in [-0.39, 0.29) is 6.10 Å². The van der Waals surface area contributed by atoms with Crippen LogP contribution < -0.4 is 15.4 Å². The van der Waals surface area contributed by atoms with Gasteiger partial charge in [-0.1, -0.05) is 6.07 Å². The van der Waals surface area contributed by atoms with Gasteiger partial charge >= 0.3 is 0 Å². The number of aromatic nitrogens is 4. The summed E-state index contributed by atoms with van der Waals surface area (Å²) < 4.78 is 7.68. The van der Waals surface area contributed by atoms with E-state index < -0.39 is 0 Å². The third kappa shape index (κ3) is 3.62. The Morgan fingerprint density at radius 3 is 3.00 bits per heavy atom. The number of hydrogen-bond acceptors (Lipinski definition) is 6. The maximum atomic E-state index is 5.71. The van der Waals surface area contributed by atoms with Crippen molar-refractivity contribution in [3.8, 4) is 17.3 Å². The lowest BCUT2D eigenvalue weighted by molar-refractivity contribution is 0.231. The number of piperidine rings is 1. The quantitative estimate of drug-likeness (QED) is 0.735. The average molecular weight is 352 g/mol. The normalized spacial score (nSPS) is 17.6. The second kappa shape index (κ2) is 7.29. The summed E-state index contributed by atoms with van der Waals surface area (Å²) in [5.74, 6) is 1.47. The summed E-state index contributed by atoms with van der Waals surface area (Å²) >= 11 is 0. The minimum Gasteiger partial charge on any atom is -0.474 e. The van der Waals surface area contributed by atoms with Crippen LogP contribution in [0.15, 0.2) is 36.8 Å². The van der Waals surface area contributed by atoms with Crippen LogP contribution in [-0.2, 0) is 0 Å². The van der Waals surface area contributed by atoms with Crippen LogP contribution in [0.5, 0.6) is 5.88 Å². The predicted molar refractivity (Wildman–Crippen MR) is 101 cm³/mol. The number of nitrogens with zero attached hydrogens (tertiary/aromatic N) is 4. The van der Waals surface area contributed by atoms with Crippen molar-refractivity contribution in [2.24, 2.45) is 0 Å². The summed E-state index contributed by atoms with van der Waals surface area (Å²) in [6.07, 6.45) is 7.83. The second-order valence-corrected chi connectivity index (χ2v) is 6.86. The molecule has 0 saturated carbocycles. The first-order valence-corrected chi connectivity index (χ1v) is 9.13. The van der Waals surface area contributed by atoms with Gasteiger partial charge in [-0.15, -0.1) is 0 Å². The van der Waals surface area contributed by atoms with E-state index in [2.05, 4.69) is 20.6 Å². The maximum absolute atomic E-state index is 5.71. The minimum atomic E-state index is 0.0710. The average Bonchev–Trinajstić information content (AvgIpc) is 3.05. The first-order valence-electron chi connectivity index (χ1n) is 9.13. The van der Waals surface area contributed by atoms with Crippen molar-refractivity contribution >= 4 is 11.5 Å². The van der Waals surface area contributed by atoms with Crippen LogP contribution in [0.25, 0.3) is 17.0 Å². The van der Waals surface area contributed by atoms with Crippen LogP contribution in [0.3, 0.4) is 0 Å². The third-order valence-electron chi connectivity index (χ3n) is 4.39. The van der Waals surface area contributed by atoms with Gasteiger partial charge in [0.25, 0.3) is 0 Å². The number of hydrogen-bond donors (Lipinski definition) is 2. The Hall–Kier alpha value is -2.67. The molecule has 0 radical (unpaired) electrons. The van der Waals surface area contributed by atoms with Crippen LogP contribution in [0, 0.1) is 0 Å². The highest BCUT2D eigenvalue weighted by Crippen LogP contribution is 2.22. The third-order valence-corrected chi connectivity index (χ3v) is 4.39. The Morgan fingerprint density at radius 1 is 1.27 bits per heavy atom. The zero-order chi connectivity index (χ0) is 17.9. The summed E-state index contributed by atoms with van der Waals surface area (Å²) in [5.41, 5.74) is 2.56. The van der Waals surface area contributed by atoms with Crippen molar-refractivity contribution in [3.05, 3.63) is 36.8 Å². The van der Waals surface area contributed by atoms with Crippen LogP contribution >= 0.6 is 0 Å². The van der Waals surface area contributed by atoms with E-state index in [1.807, 2.05) is 48.8 Å². The molecule has 3 aromatic rings. The Balaban J connectivity index is 1.63. The van der Waals surface area contributed by atoms with Gasteiger partial charge in [0, 0.05) is 12.6 Å². The van der Waals surface area contributed by atoms with E-state index in [9.17, 15) is 0 Å². The van der Waals surface area contributed by atoms with Crippen LogP contribution in [-0.4, -0.2) is 44.6 Å². The van der Waals surface area contributed by atoms with Gasteiger partial charge < -0.3 is 15.4 Å². The number of imidazole rings is 1. The van der Waals surface area contributed by atoms with Crippen molar-refractivity contribution in [2.75, 3.05) is 18.4 Å². The van der Waals surface area contributed by atoms with Crippen molar-refractivity contribution in [3.63, 3.8) is 0 Å². The van der Waals surface area contributed by atoms with E-state index in [0.29, 0.717) is 11.9 Å². The molecule has 2 N–H and O–H groups in total. The van der Waals surface area contributed by atoms with E-state index >= 15 is 0 Å². The number of anilines is 1. The summed E-state index contributed by atoms with van der Waals surface area (Å²) in [6, 6.07) is 6.45. The SMILES string of the molecule is CC(C)Oc1cn2c(-c3cccc(N[C@@H]4CCCNC4)n3)cnc2cn1. The highest BCUT2D eigenvalue weighted by atomic mass is 16.5. The summed E-state index contributed by atoms with van der Waals surface area (Å²) in [6.45, 7) is 6.04. The molecule has 1 fully saturated rings. The highest BCUT2D eigenvalue weighted by molar-refractivity contribution is 5.61. The zero-order valence-corrected chi connectivity index (χ0v) is 15.1. The minimum absolute atomic E-state index is 0.0710. The molecule has 0 amide bonds. The first kappa shape index (κ1) is 16.8. The molecule has 136 valence electrons. The van der Waals surface area contributed by atoms with Gasteiger partial charge in [0.15, 0.2) is 5.65 Å². The molecule has 1 atom stereocenters. The van der Waals surface area contributed by atoms with Gasteiger partial charge in [0.05, 0.1) is 36.1 Å². The van der Waals surface area contributed by atoms with Gasteiger partial charge in [-0.3, -0.25) is 4.40 Å². The molecule has 0 aliphatic carbocycles. The number of nitrogens with one attached hydrogen (secondary N) is 2. The van der Waals surface area contributed by atoms with E-state index in [0.717, 1.165) is 42.4 Å². The van der Waals surface area contributed by atoms with Gasteiger partial charge in [-0.05, 0) is 45.4 Å². The predicted octanol–water partition coefficient (Wildman–Crippen LogP) is 2.74. The van der Waals surface area contributed by atoms with Crippen molar-refractivity contribution < 1.29 is 4.74 Å². The van der Waals surface area contributed by atoms with Crippen LogP contribution in [0.2, 0.25) is 0 Å². The number of fused-ring (bicyclic) bond motifs is 1. The molecule has 0 bridgehead atoms. The Labute approximate surface area is 152 Å². The molecule has 7 heteroatoms.